The van der Waals surface area contributed by atoms with E-state index in [1.165, 1.54) is 57.8 Å². The normalized spacial score (nSPS) is 26.8. The Morgan fingerprint density at radius 1 is 1.00 bits per heavy atom. The van der Waals surface area contributed by atoms with E-state index in [-0.39, 0.29) is 0 Å². The average molecular weight is 324 g/mol. The van der Waals surface area contributed by atoms with Crippen LogP contribution in [0.25, 0.3) is 0 Å². The molecule has 0 aliphatic heterocycles. The lowest BCUT2D eigenvalue weighted by atomic mass is 9.98. The summed E-state index contributed by atoms with van der Waals surface area (Å²) in [7, 11) is 0. The first-order valence-corrected chi connectivity index (χ1v) is 7.83. The molecule has 0 spiro atoms. The lowest BCUT2D eigenvalue weighted by molar-refractivity contribution is 0.0281. The van der Waals surface area contributed by atoms with Gasteiger partial charge in [0.1, 0.15) is 0 Å². The summed E-state index contributed by atoms with van der Waals surface area (Å²) in [6.45, 7) is 3.26. The minimum Gasteiger partial charge on any atom is -0.378 e. The Labute approximate surface area is 108 Å². The van der Waals surface area contributed by atoms with E-state index in [9.17, 15) is 0 Å². The molecule has 90 valence electrons. The molecule has 1 aliphatic carbocycles. The van der Waals surface area contributed by atoms with Gasteiger partial charge in [-0.1, -0.05) is 55.2 Å². The van der Waals surface area contributed by atoms with Gasteiger partial charge in [-0.2, -0.15) is 0 Å². The van der Waals surface area contributed by atoms with Crippen LogP contribution >= 0.6 is 22.6 Å². The summed E-state index contributed by atoms with van der Waals surface area (Å²) in [5.74, 6) is 0. The summed E-state index contributed by atoms with van der Waals surface area (Å²) in [5, 5.41) is 0. The van der Waals surface area contributed by atoms with Crippen LogP contribution in [0.3, 0.4) is 0 Å². The second-order valence-electron chi connectivity index (χ2n) is 4.66. The Hall–Kier alpha value is 0.690. The van der Waals surface area contributed by atoms with Gasteiger partial charge < -0.3 is 4.74 Å². The van der Waals surface area contributed by atoms with Gasteiger partial charge in [-0.3, -0.25) is 0 Å². The average Bonchev–Trinajstić information content (AvgIpc) is 2.26. The summed E-state index contributed by atoms with van der Waals surface area (Å²) >= 11 is 2.57. The molecule has 2 heteroatoms. The first-order valence-electron chi connectivity index (χ1n) is 6.58. The predicted octanol–water partition coefficient (Wildman–Crippen LogP) is 4.72. The largest absolute Gasteiger partial charge is 0.378 e. The molecule has 0 N–H and O–H groups in total. The van der Waals surface area contributed by atoms with Gasteiger partial charge in [-0.25, -0.2) is 0 Å². The third kappa shape index (κ3) is 6.77. The maximum absolute atomic E-state index is 5.91. The van der Waals surface area contributed by atoms with Crippen LogP contribution in [-0.2, 0) is 4.74 Å². The zero-order chi connectivity index (χ0) is 10.9. The molecule has 0 unspecified atom stereocenters. The van der Waals surface area contributed by atoms with Gasteiger partial charge in [0.05, 0.1) is 6.10 Å². The maximum atomic E-state index is 5.91. The molecule has 0 amide bonds. The molecule has 0 radical (unpaired) electrons. The summed E-state index contributed by atoms with van der Waals surface area (Å²) in [4.78, 5) is 0. The van der Waals surface area contributed by atoms with Gasteiger partial charge >= 0.3 is 0 Å². The number of hydrogen-bond acceptors (Lipinski definition) is 1. The highest BCUT2D eigenvalue weighted by atomic mass is 127. The van der Waals surface area contributed by atoms with Gasteiger partial charge in [0, 0.05) is 10.5 Å². The Bertz CT molecular complexity index is 141. The molecule has 0 aromatic heterocycles. The van der Waals surface area contributed by atoms with Crippen molar-refractivity contribution in [3.63, 3.8) is 0 Å². The molecule has 0 atom stereocenters. The second-order valence-corrected chi connectivity index (χ2v) is 6.42. The minimum absolute atomic E-state index is 0.585. The molecule has 1 rings (SSSR count). The molecule has 0 aromatic rings. The van der Waals surface area contributed by atoms with Gasteiger partial charge in [-0.05, 0) is 32.1 Å². The fourth-order valence-electron chi connectivity index (χ4n) is 2.14. The van der Waals surface area contributed by atoms with E-state index in [0.29, 0.717) is 6.10 Å². The minimum atomic E-state index is 0.585. The molecule has 1 aliphatic rings. The number of unbranched alkanes of at least 4 members (excludes halogenated alkanes) is 4. The number of alkyl halides is 1. The first kappa shape index (κ1) is 13.8. The van der Waals surface area contributed by atoms with E-state index >= 15 is 0 Å². The number of hydrogen-bond donors (Lipinski definition) is 0. The van der Waals surface area contributed by atoms with E-state index < -0.39 is 0 Å². The van der Waals surface area contributed by atoms with E-state index in [1.807, 2.05) is 0 Å². The Morgan fingerprint density at radius 3 is 2.33 bits per heavy atom. The quantitative estimate of drug-likeness (QED) is 0.374. The summed E-state index contributed by atoms with van der Waals surface area (Å²) in [6.07, 6.45) is 12.6. The van der Waals surface area contributed by atoms with Crippen LogP contribution in [0.1, 0.15) is 64.7 Å². The van der Waals surface area contributed by atoms with Crippen LogP contribution < -0.4 is 0 Å². The molecule has 0 heterocycles. The fraction of sp³-hybridized carbons (Fsp3) is 1.00. The second kappa shape index (κ2) is 8.80. The Morgan fingerprint density at radius 2 is 1.67 bits per heavy atom. The zero-order valence-electron chi connectivity index (χ0n) is 10.0. The molecule has 15 heavy (non-hydrogen) atoms. The highest BCUT2D eigenvalue weighted by Crippen LogP contribution is 2.26. The van der Waals surface area contributed by atoms with Crippen LogP contribution in [0, 0.1) is 0 Å². The van der Waals surface area contributed by atoms with Crippen molar-refractivity contribution in [1.29, 1.82) is 0 Å². The van der Waals surface area contributed by atoms with Crippen LogP contribution in [0.4, 0.5) is 0 Å². The van der Waals surface area contributed by atoms with Gasteiger partial charge in [0.25, 0.3) is 0 Å². The topological polar surface area (TPSA) is 9.23 Å². The van der Waals surface area contributed by atoms with Crippen LogP contribution in [0.2, 0.25) is 0 Å². The molecular formula is C13H25IO. The highest BCUT2D eigenvalue weighted by Gasteiger charge is 2.18. The van der Waals surface area contributed by atoms with Crippen molar-refractivity contribution in [2.45, 2.75) is 74.7 Å². The smallest absolute Gasteiger partial charge is 0.0575 e. The number of ether oxygens (including phenoxy) is 1. The van der Waals surface area contributed by atoms with Gasteiger partial charge in [-0.15, -0.1) is 0 Å². The zero-order valence-corrected chi connectivity index (χ0v) is 12.2. The van der Waals surface area contributed by atoms with Gasteiger partial charge in [0.2, 0.25) is 0 Å². The van der Waals surface area contributed by atoms with Crippen molar-refractivity contribution in [2.75, 3.05) is 6.61 Å². The lowest BCUT2D eigenvalue weighted by Gasteiger charge is -2.25. The molecule has 0 aromatic carbocycles. The van der Waals surface area contributed by atoms with Crippen molar-refractivity contribution < 1.29 is 4.74 Å². The SMILES string of the molecule is CCCCCCCOC1CCC(I)CC1. The van der Waals surface area contributed by atoms with Crippen LogP contribution in [0.15, 0.2) is 0 Å². The van der Waals surface area contributed by atoms with Crippen molar-refractivity contribution in [3.05, 3.63) is 0 Å². The maximum Gasteiger partial charge on any atom is 0.0575 e. The Kier molecular flexibility index (Phi) is 8.07. The van der Waals surface area contributed by atoms with Crippen LogP contribution in [0.5, 0.6) is 0 Å². The van der Waals surface area contributed by atoms with Crippen molar-refractivity contribution in [2.24, 2.45) is 0 Å². The third-order valence-corrected chi connectivity index (χ3v) is 4.45. The Balaban J connectivity index is 1.87. The summed E-state index contributed by atoms with van der Waals surface area (Å²) in [6, 6.07) is 0. The summed E-state index contributed by atoms with van der Waals surface area (Å²) < 4.78 is 6.82. The van der Waals surface area contributed by atoms with Crippen molar-refractivity contribution in [1.82, 2.24) is 0 Å². The van der Waals surface area contributed by atoms with Crippen molar-refractivity contribution in [3.8, 4) is 0 Å². The third-order valence-electron chi connectivity index (χ3n) is 3.21. The molecule has 1 nitrogen and oxygen atoms in total. The van der Waals surface area contributed by atoms with E-state index in [4.69, 9.17) is 4.74 Å². The first-order chi connectivity index (χ1) is 7.33. The van der Waals surface area contributed by atoms with E-state index in [2.05, 4.69) is 29.5 Å². The molecule has 1 fully saturated rings. The van der Waals surface area contributed by atoms with E-state index in [0.717, 1.165) is 10.5 Å². The molecule has 0 bridgehead atoms. The lowest BCUT2D eigenvalue weighted by Crippen LogP contribution is -2.21. The highest BCUT2D eigenvalue weighted by molar-refractivity contribution is 14.1. The molecule has 0 saturated heterocycles. The predicted molar refractivity (Wildman–Crippen MR) is 74.8 cm³/mol. The standard InChI is InChI=1S/C13H25IO/c1-2-3-4-5-6-11-15-13-9-7-12(14)8-10-13/h12-13H,2-11H2,1H3. The molecular weight excluding hydrogens is 299 g/mol. The number of rotatable bonds is 7. The van der Waals surface area contributed by atoms with Gasteiger partial charge in [0.15, 0.2) is 0 Å². The molecule has 1 saturated carbocycles. The number of halogens is 1. The van der Waals surface area contributed by atoms with E-state index in [1.54, 1.807) is 0 Å². The van der Waals surface area contributed by atoms with Crippen molar-refractivity contribution >= 4 is 22.6 Å². The monoisotopic (exact) mass is 324 g/mol. The fourth-order valence-corrected chi connectivity index (χ4v) is 2.86. The summed E-state index contributed by atoms with van der Waals surface area (Å²) in [5.41, 5.74) is 0. The van der Waals surface area contributed by atoms with Crippen LogP contribution in [-0.4, -0.2) is 16.6 Å².